The standard InChI is InChI=1S/C28H25NO4S/c1-3-32-28(31)26-23(22-15-13-21(14-16-22)20-10-5-4-6-11-20)18-34-27(26)29-25(30)17-33-24-12-8-7-9-19(24)2/h4-16,18H,3,17H2,1-2H3,(H,29,30). The van der Waals surface area contributed by atoms with Crippen molar-refractivity contribution in [2.24, 2.45) is 0 Å². The lowest BCUT2D eigenvalue weighted by molar-refractivity contribution is -0.118. The largest absolute Gasteiger partial charge is 0.483 e. The molecule has 0 spiro atoms. The maximum Gasteiger partial charge on any atom is 0.341 e. The lowest BCUT2D eigenvalue weighted by Gasteiger charge is -2.11. The molecule has 0 saturated heterocycles. The Bertz CT molecular complexity index is 1280. The van der Waals surface area contributed by atoms with Gasteiger partial charge in [-0.05, 0) is 42.2 Å². The lowest BCUT2D eigenvalue weighted by atomic mass is 9.99. The van der Waals surface area contributed by atoms with Gasteiger partial charge in [-0.1, -0.05) is 72.8 Å². The van der Waals surface area contributed by atoms with Crippen LogP contribution in [0.1, 0.15) is 22.8 Å². The number of carbonyl (C=O) groups excluding carboxylic acids is 2. The van der Waals surface area contributed by atoms with Gasteiger partial charge in [0.1, 0.15) is 16.3 Å². The zero-order chi connectivity index (χ0) is 23.9. The summed E-state index contributed by atoms with van der Waals surface area (Å²) in [4.78, 5) is 25.4. The van der Waals surface area contributed by atoms with Crippen molar-refractivity contribution in [3.05, 3.63) is 95.4 Å². The van der Waals surface area contributed by atoms with Crippen LogP contribution in [0.3, 0.4) is 0 Å². The second-order valence-corrected chi connectivity index (χ2v) is 8.50. The molecule has 0 unspecified atom stereocenters. The average molecular weight is 472 g/mol. The van der Waals surface area contributed by atoms with E-state index in [-0.39, 0.29) is 19.1 Å². The summed E-state index contributed by atoms with van der Waals surface area (Å²) in [7, 11) is 0. The molecule has 1 N–H and O–H groups in total. The number of benzene rings is 3. The first-order valence-electron chi connectivity index (χ1n) is 11.0. The van der Waals surface area contributed by atoms with E-state index in [0.717, 1.165) is 27.8 Å². The Kier molecular flexibility index (Phi) is 7.40. The summed E-state index contributed by atoms with van der Waals surface area (Å²) in [5.74, 6) is -0.170. The van der Waals surface area contributed by atoms with Gasteiger partial charge in [-0.2, -0.15) is 0 Å². The molecule has 0 aliphatic heterocycles. The van der Waals surface area contributed by atoms with Gasteiger partial charge in [-0.15, -0.1) is 11.3 Å². The van der Waals surface area contributed by atoms with Crippen LogP contribution in [-0.4, -0.2) is 25.1 Å². The Labute approximate surface area is 203 Å². The highest BCUT2D eigenvalue weighted by Gasteiger charge is 2.23. The lowest BCUT2D eigenvalue weighted by Crippen LogP contribution is -2.21. The molecule has 4 rings (SSSR count). The highest BCUT2D eigenvalue weighted by molar-refractivity contribution is 7.15. The van der Waals surface area contributed by atoms with Crippen molar-refractivity contribution in [3.63, 3.8) is 0 Å². The van der Waals surface area contributed by atoms with Crippen molar-refractivity contribution in [3.8, 4) is 28.0 Å². The third kappa shape index (κ3) is 5.35. The zero-order valence-electron chi connectivity index (χ0n) is 19.0. The van der Waals surface area contributed by atoms with Gasteiger partial charge in [0.25, 0.3) is 5.91 Å². The van der Waals surface area contributed by atoms with Crippen LogP contribution in [0, 0.1) is 6.92 Å². The summed E-state index contributed by atoms with van der Waals surface area (Å²) in [6.07, 6.45) is 0. The summed E-state index contributed by atoms with van der Waals surface area (Å²) in [5.41, 5.74) is 5.09. The molecule has 0 fully saturated rings. The minimum Gasteiger partial charge on any atom is -0.483 e. The van der Waals surface area contributed by atoms with Gasteiger partial charge in [0.15, 0.2) is 6.61 Å². The van der Waals surface area contributed by atoms with Gasteiger partial charge in [0.2, 0.25) is 0 Å². The van der Waals surface area contributed by atoms with E-state index in [1.165, 1.54) is 11.3 Å². The minimum atomic E-state index is -0.471. The fraction of sp³-hybridized carbons (Fsp3) is 0.143. The molecule has 4 aromatic rings. The SMILES string of the molecule is CCOC(=O)c1c(-c2ccc(-c3ccccc3)cc2)csc1NC(=O)COc1ccccc1C. The Morgan fingerprint density at radius 3 is 2.21 bits per heavy atom. The first-order chi connectivity index (χ1) is 16.6. The van der Waals surface area contributed by atoms with Crippen molar-refractivity contribution in [1.82, 2.24) is 0 Å². The van der Waals surface area contributed by atoms with E-state index >= 15 is 0 Å². The summed E-state index contributed by atoms with van der Waals surface area (Å²) < 4.78 is 10.9. The Morgan fingerprint density at radius 2 is 1.50 bits per heavy atom. The van der Waals surface area contributed by atoms with Crippen LogP contribution in [0.15, 0.2) is 84.2 Å². The zero-order valence-corrected chi connectivity index (χ0v) is 19.9. The number of aryl methyl sites for hydroxylation is 1. The van der Waals surface area contributed by atoms with Crippen molar-refractivity contribution in [1.29, 1.82) is 0 Å². The summed E-state index contributed by atoms with van der Waals surface area (Å²) >= 11 is 1.29. The van der Waals surface area contributed by atoms with Crippen molar-refractivity contribution < 1.29 is 19.1 Å². The second kappa shape index (κ2) is 10.8. The third-order valence-electron chi connectivity index (χ3n) is 5.28. The van der Waals surface area contributed by atoms with E-state index in [9.17, 15) is 9.59 Å². The van der Waals surface area contributed by atoms with Crippen molar-refractivity contribution in [2.75, 3.05) is 18.5 Å². The Balaban J connectivity index is 1.56. The van der Waals surface area contributed by atoms with Crippen LogP contribution in [0.5, 0.6) is 5.75 Å². The molecule has 6 heteroatoms. The third-order valence-corrected chi connectivity index (χ3v) is 6.17. The van der Waals surface area contributed by atoms with E-state index in [4.69, 9.17) is 9.47 Å². The number of para-hydroxylation sites is 1. The molecule has 0 radical (unpaired) electrons. The molecule has 0 saturated carbocycles. The number of esters is 1. The van der Waals surface area contributed by atoms with E-state index in [0.29, 0.717) is 16.3 Å². The molecule has 1 heterocycles. The molecule has 1 amide bonds. The highest BCUT2D eigenvalue weighted by Crippen LogP contribution is 2.37. The molecule has 0 atom stereocenters. The molecule has 3 aromatic carbocycles. The molecular formula is C28H25NO4S. The van der Waals surface area contributed by atoms with Crippen molar-refractivity contribution >= 4 is 28.2 Å². The number of amides is 1. The van der Waals surface area contributed by atoms with Crippen LogP contribution in [0.2, 0.25) is 0 Å². The van der Waals surface area contributed by atoms with Gasteiger partial charge < -0.3 is 14.8 Å². The maximum atomic E-state index is 12.8. The van der Waals surface area contributed by atoms with Crippen LogP contribution in [0.25, 0.3) is 22.3 Å². The van der Waals surface area contributed by atoms with E-state index < -0.39 is 5.97 Å². The molecule has 5 nitrogen and oxygen atoms in total. The van der Waals surface area contributed by atoms with Crippen molar-refractivity contribution in [2.45, 2.75) is 13.8 Å². The van der Waals surface area contributed by atoms with E-state index in [2.05, 4.69) is 17.4 Å². The second-order valence-electron chi connectivity index (χ2n) is 7.62. The summed E-state index contributed by atoms with van der Waals surface area (Å²) in [5, 5.41) is 5.13. The van der Waals surface area contributed by atoms with E-state index in [1.807, 2.05) is 79.0 Å². The fourth-order valence-corrected chi connectivity index (χ4v) is 4.54. The summed E-state index contributed by atoms with van der Waals surface area (Å²) in [6, 6.07) is 25.6. The highest BCUT2D eigenvalue weighted by atomic mass is 32.1. The van der Waals surface area contributed by atoms with Crippen LogP contribution < -0.4 is 10.1 Å². The molecule has 0 bridgehead atoms. The first-order valence-corrected chi connectivity index (χ1v) is 11.9. The smallest absolute Gasteiger partial charge is 0.341 e. The number of anilines is 1. The predicted molar refractivity (Wildman–Crippen MR) is 136 cm³/mol. The van der Waals surface area contributed by atoms with Gasteiger partial charge in [-0.25, -0.2) is 4.79 Å². The first kappa shape index (κ1) is 23.3. The monoisotopic (exact) mass is 471 g/mol. The number of ether oxygens (including phenoxy) is 2. The number of hydrogen-bond acceptors (Lipinski definition) is 5. The van der Waals surface area contributed by atoms with Gasteiger partial charge >= 0.3 is 5.97 Å². The Hall–Kier alpha value is -3.90. The molecule has 0 aliphatic carbocycles. The number of hydrogen-bond donors (Lipinski definition) is 1. The van der Waals surface area contributed by atoms with Gasteiger partial charge in [0.05, 0.1) is 6.61 Å². The number of thiophene rings is 1. The molecule has 0 aliphatic rings. The summed E-state index contributed by atoms with van der Waals surface area (Å²) in [6.45, 7) is 3.75. The fourth-order valence-electron chi connectivity index (χ4n) is 3.57. The topological polar surface area (TPSA) is 64.6 Å². The van der Waals surface area contributed by atoms with Crippen LogP contribution in [0.4, 0.5) is 5.00 Å². The minimum absolute atomic E-state index is 0.161. The molecular weight excluding hydrogens is 446 g/mol. The number of rotatable bonds is 8. The molecule has 34 heavy (non-hydrogen) atoms. The quantitative estimate of drug-likeness (QED) is 0.295. The van der Waals surface area contributed by atoms with Gasteiger partial charge in [0, 0.05) is 10.9 Å². The number of carbonyl (C=O) groups is 2. The van der Waals surface area contributed by atoms with Crippen LogP contribution in [-0.2, 0) is 9.53 Å². The number of nitrogens with one attached hydrogen (secondary N) is 1. The van der Waals surface area contributed by atoms with Crippen LogP contribution >= 0.6 is 11.3 Å². The Morgan fingerprint density at radius 1 is 0.853 bits per heavy atom. The molecule has 172 valence electrons. The maximum absolute atomic E-state index is 12.8. The molecule has 1 aromatic heterocycles. The predicted octanol–water partition coefficient (Wildman–Crippen LogP) is 6.58. The van der Waals surface area contributed by atoms with Gasteiger partial charge in [-0.3, -0.25) is 4.79 Å². The average Bonchev–Trinajstić information content (AvgIpc) is 3.28. The normalized spacial score (nSPS) is 10.5. The van der Waals surface area contributed by atoms with E-state index in [1.54, 1.807) is 6.92 Å².